The molecule has 154 valence electrons. The van der Waals surface area contributed by atoms with E-state index in [2.05, 4.69) is 5.32 Å². The number of halogens is 3. The molecule has 1 N–H and O–H groups in total. The number of nitrogens with zero attached hydrogens (tertiary/aromatic N) is 1. The number of likely N-dealkylation sites (tertiary alicyclic amines) is 1. The zero-order valence-corrected chi connectivity index (χ0v) is 16.4. The summed E-state index contributed by atoms with van der Waals surface area (Å²) in [6, 6.07) is 7.13. The summed E-state index contributed by atoms with van der Waals surface area (Å²) in [5.41, 5.74) is 1.30. The van der Waals surface area contributed by atoms with Crippen LogP contribution in [0.15, 0.2) is 30.3 Å². The maximum absolute atomic E-state index is 13.0. The second kappa shape index (κ2) is 7.78. The summed E-state index contributed by atoms with van der Waals surface area (Å²) in [6.45, 7) is 6.06. The molecule has 28 heavy (non-hydrogen) atoms. The summed E-state index contributed by atoms with van der Waals surface area (Å²) in [5, 5.41) is 2.94. The number of carbonyl (C=O) groups excluding carboxylic acids is 1. The second-order valence-electron chi connectivity index (χ2n) is 8.45. The molecule has 1 aromatic rings. The van der Waals surface area contributed by atoms with Crippen LogP contribution in [0.1, 0.15) is 50.8 Å². The number of alkyl carbamates (subject to hydrolysis) is 1. The maximum atomic E-state index is 13.0. The van der Waals surface area contributed by atoms with Crippen LogP contribution in [-0.4, -0.2) is 41.9 Å². The summed E-state index contributed by atoms with van der Waals surface area (Å²) < 4.78 is 44.4. The predicted molar refractivity (Wildman–Crippen MR) is 102 cm³/mol. The largest absolute Gasteiger partial charge is 0.444 e. The van der Waals surface area contributed by atoms with Gasteiger partial charge >= 0.3 is 12.3 Å². The van der Waals surface area contributed by atoms with E-state index in [0.717, 1.165) is 11.1 Å². The van der Waals surface area contributed by atoms with Crippen LogP contribution < -0.4 is 5.32 Å². The minimum absolute atomic E-state index is 0.0780. The van der Waals surface area contributed by atoms with Gasteiger partial charge in [0.1, 0.15) is 5.60 Å². The highest BCUT2D eigenvalue weighted by Gasteiger charge is 2.43. The average molecular weight is 396 g/mol. The molecular weight excluding hydrogens is 369 g/mol. The van der Waals surface area contributed by atoms with Crippen LogP contribution in [-0.2, 0) is 4.74 Å². The minimum Gasteiger partial charge on any atom is -0.444 e. The quantitative estimate of drug-likeness (QED) is 0.771. The molecule has 1 aromatic carbocycles. The van der Waals surface area contributed by atoms with E-state index in [1.807, 2.05) is 41.3 Å². The van der Waals surface area contributed by atoms with Gasteiger partial charge in [-0.15, -0.1) is 0 Å². The molecule has 1 saturated heterocycles. The third kappa shape index (κ3) is 4.87. The monoisotopic (exact) mass is 396 g/mol. The molecule has 0 unspecified atom stereocenters. The molecule has 1 aliphatic carbocycles. The number of benzene rings is 1. The number of ether oxygens (including phenoxy) is 1. The molecule has 0 aromatic heterocycles. The van der Waals surface area contributed by atoms with Gasteiger partial charge in [-0.05, 0) is 57.8 Å². The van der Waals surface area contributed by atoms with E-state index in [0.29, 0.717) is 13.1 Å². The topological polar surface area (TPSA) is 41.6 Å². The van der Waals surface area contributed by atoms with Gasteiger partial charge in [0.25, 0.3) is 0 Å². The average Bonchev–Trinajstić information content (AvgIpc) is 2.60. The molecule has 7 heteroatoms. The lowest BCUT2D eigenvalue weighted by atomic mass is 9.86. The van der Waals surface area contributed by atoms with Gasteiger partial charge in [0.15, 0.2) is 0 Å². The molecule has 1 amide bonds. The van der Waals surface area contributed by atoms with Crippen molar-refractivity contribution in [2.75, 3.05) is 13.1 Å². The van der Waals surface area contributed by atoms with Gasteiger partial charge in [0.2, 0.25) is 0 Å². The normalized spacial score (nSPS) is 23.9. The Morgan fingerprint density at radius 2 is 1.79 bits per heavy atom. The van der Waals surface area contributed by atoms with Crippen molar-refractivity contribution in [3.05, 3.63) is 41.5 Å². The van der Waals surface area contributed by atoms with Crippen molar-refractivity contribution in [1.29, 1.82) is 0 Å². The Hall–Kier alpha value is -2.02. The van der Waals surface area contributed by atoms with Crippen LogP contribution in [0.2, 0.25) is 0 Å². The van der Waals surface area contributed by atoms with Gasteiger partial charge in [-0.25, -0.2) is 4.79 Å². The molecular formula is C21H27F3N2O2. The predicted octanol–water partition coefficient (Wildman–Crippen LogP) is 4.92. The Morgan fingerprint density at radius 3 is 2.39 bits per heavy atom. The highest BCUT2D eigenvalue weighted by Crippen LogP contribution is 2.37. The Bertz CT molecular complexity index is 732. The van der Waals surface area contributed by atoms with Gasteiger partial charge < -0.3 is 10.1 Å². The van der Waals surface area contributed by atoms with E-state index in [9.17, 15) is 18.0 Å². The molecule has 3 rings (SSSR count). The molecule has 0 spiro atoms. The standard InChI is InChI=1S/C21H27F3N2O2/c1-20(2,3)28-19(27)25-18-16-7-5-4-6-14(16)8-9-17(18)26-12-10-15(11-13-26)21(22,23)24/h4-9,15,17-18H,10-13H2,1-3H3,(H,25,27)/t17-,18-/m0/s1. The van der Waals surface area contributed by atoms with Crippen molar-refractivity contribution in [2.24, 2.45) is 5.92 Å². The fourth-order valence-corrected chi connectivity index (χ4v) is 3.90. The number of rotatable bonds is 2. The van der Waals surface area contributed by atoms with Gasteiger partial charge in [-0.2, -0.15) is 13.2 Å². The number of piperidine rings is 1. The van der Waals surface area contributed by atoms with Gasteiger partial charge in [-0.1, -0.05) is 36.4 Å². The number of hydrogen-bond donors (Lipinski definition) is 1. The van der Waals surface area contributed by atoms with E-state index in [1.54, 1.807) is 20.8 Å². The summed E-state index contributed by atoms with van der Waals surface area (Å²) in [4.78, 5) is 14.4. The van der Waals surface area contributed by atoms with Crippen molar-refractivity contribution in [3.8, 4) is 0 Å². The molecule has 2 aliphatic rings. The molecule has 1 fully saturated rings. The first-order valence-electron chi connectivity index (χ1n) is 9.62. The van der Waals surface area contributed by atoms with Gasteiger partial charge in [-0.3, -0.25) is 4.90 Å². The maximum Gasteiger partial charge on any atom is 0.408 e. The highest BCUT2D eigenvalue weighted by atomic mass is 19.4. The number of alkyl halides is 3. The summed E-state index contributed by atoms with van der Waals surface area (Å²) in [5.74, 6) is -1.25. The van der Waals surface area contributed by atoms with Crippen molar-refractivity contribution < 1.29 is 22.7 Å². The lowest BCUT2D eigenvalue weighted by Crippen LogP contribution is -2.51. The number of nitrogens with one attached hydrogen (secondary N) is 1. The van der Waals surface area contributed by atoms with E-state index in [4.69, 9.17) is 4.74 Å². The molecule has 4 nitrogen and oxygen atoms in total. The third-order valence-corrected chi connectivity index (χ3v) is 5.23. The Kier molecular flexibility index (Phi) is 5.75. The molecule has 2 atom stereocenters. The first-order valence-corrected chi connectivity index (χ1v) is 9.62. The van der Waals surface area contributed by atoms with E-state index in [1.165, 1.54) is 0 Å². The van der Waals surface area contributed by atoms with Crippen LogP contribution in [0.5, 0.6) is 0 Å². The molecule has 0 radical (unpaired) electrons. The van der Waals surface area contributed by atoms with Gasteiger partial charge in [0.05, 0.1) is 18.0 Å². The number of carbonyl (C=O) groups is 1. The number of amides is 1. The number of fused-ring (bicyclic) bond motifs is 1. The Morgan fingerprint density at radius 1 is 1.14 bits per heavy atom. The van der Waals surface area contributed by atoms with Crippen LogP contribution in [0.25, 0.3) is 6.08 Å². The van der Waals surface area contributed by atoms with Crippen molar-refractivity contribution in [1.82, 2.24) is 10.2 Å². The summed E-state index contributed by atoms with van der Waals surface area (Å²) in [7, 11) is 0. The lowest BCUT2D eigenvalue weighted by molar-refractivity contribution is -0.185. The minimum atomic E-state index is -4.14. The van der Waals surface area contributed by atoms with Crippen LogP contribution in [0, 0.1) is 5.92 Å². The fraction of sp³-hybridized carbons (Fsp3) is 0.571. The van der Waals surface area contributed by atoms with Crippen molar-refractivity contribution >= 4 is 12.2 Å². The Balaban J connectivity index is 1.79. The summed E-state index contributed by atoms with van der Waals surface area (Å²) in [6.07, 6.45) is -0.572. The van der Waals surface area contributed by atoms with Crippen LogP contribution >= 0.6 is 0 Å². The zero-order chi connectivity index (χ0) is 20.5. The van der Waals surface area contributed by atoms with Crippen LogP contribution in [0.4, 0.5) is 18.0 Å². The highest BCUT2D eigenvalue weighted by molar-refractivity contribution is 5.70. The first-order chi connectivity index (χ1) is 13.0. The molecule has 1 heterocycles. The lowest BCUT2D eigenvalue weighted by Gasteiger charge is -2.42. The zero-order valence-electron chi connectivity index (χ0n) is 16.4. The second-order valence-corrected chi connectivity index (χ2v) is 8.45. The van der Waals surface area contributed by atoms with Crippen molar-refractivity contribution in [2.45, 2.75) is 57.5 Å². The summed E-state index contributed by atoms with van der Waals surface area (Å²) >= 11 is 0. The number of hydrogen-bond acceptors (Lipinski definition) is 3. The Labute approximate surface area is 163 Å². The fourth-order valence-electron chi connectivity index (χ4n) is 3.90. The van der Waals surface area contributed by atoms with Crippen molar-refractivity contribution in [3.63, 3.8) is 0 Å². The molecule has 1 aliphatic heterocycles. The van der Waals surface area contributed by atoms with E-state index in [-0.39, 0.29) is 24.9 Å². The third-order valence-electron chi connectivity index (χ3n) is 5.23. The SMILES string of the molecule is CC(C)(C)OC(=O)N[C@H]1c2ccccc2C=C[C@@H]1N1CCC(C(F)(F)F)CC1. The van der Waals surface area contributed by atoms with Gasteiger partial charge in [0, 0.05) is 0 Å². The van der Waals surface area contributed by atoms with E-state index >= 15 is 0 Å². The van der Waals surface area contributed by atoms with Crippen LogP contribution in [0.3, 0.4) is 0 Å². The first kappa shape index (κ1) is 20.7. The van der Waals surface area contributed by atoms with E-state index < -0.39 is 23.8 Å². The molecule has 0 saturated carbocycles. The smallest absolute Gasteiger partial charge is 0.408 e. The molecule has 0 bridgehead atoms.